The summed E-state index contributed by atoms with van der Waals surface area (Å²) < 4.78 is 27.6. The molecule has 228 valence electrons. The summed E-state index contributed by atoms with van der Waals surface area (Å²) in [5.41, 5.74) is 8.02. The third kappa shape index (κ3) is 7.27. The first kappa shape index (κ1) is 30.2. The van der Waals surface area contributed by atoms with Gasteiger partial charge in [-0.05, 0) is 65.4 Å². The Morgan fingerprint density at radius 1 is 0.682 bits per heavy atom. The molecule has 0 aromatic heterocycles. The molecule has 2 aliphatic heterocycles. The van der Waals surface area contributed by atoms with E-state index in [1.54, 1.807) is 16.4 Å². The van der Waals surface area contributed by atoms with Crippen molar-refractivity contribution in [3.8, 4) is 0 Å². The predicted octanol–water partition coefficient (Wildman–Crippen LogP) is 4.99. The number of rotatable bonds is 9. The molecule has 0 unspecified atom stereocenters. The number of piperazine rings is 1. The second kappa shape index (κ2) is 13.4. The summed E-state index contributed by atoms with van der Waals surface area (Å²) in [7, 11) is -3.47. The van der Waals surface area contributed by atoms with Crippen molar-refractivity contribution in [2.24, 2.45) is 0 Å². The summed E-state index contributed by atoms with van der Waals surface area (Å²) in [6, 6.07) is 32.0. The molecule has 0 bridgehead atoms. The molecule has 0 saturated carbocycles. The van der Waals surface area contributed by atoms with Gasteiger partial charge in [0.1, 0.15) is 0 Å². The highest BCUT2D eigenvalue weighted by Crippen LogP contribution is 2.21. The zero-order valence-corrected chi connectivity index (χ0v) is 26.1. The van der Waals surface area contributed by atoms with Gasteiger partial charge < -0.3 is 5.32 Å². The maximum atomic E-state index is 13.0. The van der Waals surface area contributed by atoms with Crippen molar-refractivity contribution in [1.82, 2.24) is 19.4 Å². The topological polar surface area (TPSA) is 73.0 Å². The number of aryl methyl sites for hydroxylation is 1. The van der Waals surface area contributed by atoms with Crippen LogP contribution in [0.3, 0.4) is 0 Å². The van der Waals surface area contributed by atoms with Gasteiger partial charge in [0.05, 0.1) is 4.90 Å². The van der Waals surface area contributed by atoms with Crippen molar-refractivity contribution in [1.29, 1.82) is 0 Å². The smallest absolute Gasteiger partial charge is 0.251 e. The van der Waals surface area contributed by atoms with Gasteiger partial charge in [-0.25, -0.2) is 8.42 Å². The fourth-order valence-corrected chi connectivity index (χ4v) is 7.42. The number of hydrogen-bond acceptors (Lipinski definition) is 5. The predicted molar refractivity (Wildman–Crippen MR) is 174 cm³/mol. The second-order valence-electron chi connectivity index (χ2n) is 11.9. The molecule has 2 heterocycles. The van der Waals surface area contributed by atoms with E-state index in [1.807, 2.05) is 43.3 Å². The van der Waals surface area contributed by atoms with Gasteiger partial charge in [-0.2, -0.15) is 4.31 Å². The third-order valence-electron chi connectivity index (χ3n) is 8.70. The van der Waals surface area contributed by atoms with Crippen LogP contribution in [0.5, 0.6) is 0 Å². The van der Waals surface area contributed by atoms with Crippen molar-refractivity contribution in [2.75, 3.05) is 32.7 Å². The van der Waals surface area contributed by atoms with Gasteiger partial charge in [0.25, 0.3) is 5.91 Å². The summed E-state index contributed by atoms with van der Waals surface area (Å²) >= 11 is 0. The number of benzene rings is 4. The van der Waals surface area contributed by atoms with Crippen molar-refractivity contribution in [3.63, 3.8) is 0 Å². The molecule has 1 amide bonds. The second-order valence-corrected chi connectivity index (χ2v) is 13.9. The molecular weight excluding hydrogens is 568 g/mol. The first-order chi connectivity index (χ1) is 21.3. The van der Waals surface area contributed by atoms with Crippen molar-refractivity contribution < 1.29 is 13.2 Å². The van der Waals surface area contributed by atoms with Crippen LogP contribution >= 0.6 is 0 Å². The molecule has 1 saturated heterocycles. The van der Waals surface area contributed by atoms with Crippen LogP contribution < -0.4 is 5.32 Å². The zero-order chi connectivity index (χ0) is 30.5. The van der Waals surface area contributed by atoms with Crippen LogP contribution in [-0.2, 0) is 42.6 Å². The minimum Gasteiger partial charge on any atom is -0.348 e. The average molecular weight is 609 g/mol. The number of amides is 1. The molecule has 1 fully saturated rings. The van der Waals surface area contributed by atoms with E-state index in [0.29, 0.717) is 43.2 Å². The molecular formula is C36H40N4O3S. The minimum atomic E-state index is -3.47. The van der Waals surface area contributed by atoms with Gasteiger partial charge in [0.2, 0.25) is 10.0 Å². The first-order valence-electron chi connectivity index (χ1n) is 15.4. The van der Waals surface area contributed by atoms with Gasteiger partial charge >= 0.3 is 0 Å². The third-order valence-corrected chi connectivity index (χ3v) is 10.6. The van der Waals surface area contributed by atoms with E-state index in [0.717, 1.165) is 49.3 Å². The average Bonchev–Trinajstić information content (AvgIpc) is 3.05. The van der Waals surface area contributed by atoms with Gasteiger partial charge in [-0.15, -0.1) is 0 Å². The van der Waals surface area contributed by atoms with E-state index in [4.69, 9.17) is 0 Å². The van der Waals surface area contributed by atoms with E-state index < -0.39 is 10.0 Å². The Morgan fingerprint density at radius 2 is 1.27 bits per heavy atom. The van der Waals surface area contributed by atoms with Crippen LogP contribution in [0.25, 0.3) is 0 Å². The molecule has 0 atom stereocenters. The Bertz CT molecular complexity index is 1680. The number of hydrogen-bond donors (Lipinski definition) is 1. The molecule has 0 aliphatic carbocycles. The SMILES string of the molecule is Cc1ccc(S(=O)(=O)N2CCN(Cc3ccc(C(=O)NCc4ccc(CN5CCc6ccccc6C5)cc4)cc3)CC2)cc1. The molecule has 8 heteroatoms. The lowest BCUT2D eigenvalue weighted by atomic mass is 9.99. The number of carbonyl (C=O) groups excluding carboxylic acids is 1. The number of fused-ring (bicyclic) bond motifs is 1. The highest BCUT2D eigenvalue weighted by atomic mass is 32.2. The number of nitrogens with one attached hydrogen (secondary N) is 1. The highest BCUT2D eigenvalue weighted by molar-refractivity contribution is 7.89. The first-order valence-corrected chi connectivity index (χ1v) is 16.8. The lowest BCUT2D eigenvalue weighted by Gasteiger charge is -2.34. The molecule has 0 spiro atoms. The van der Waals surface area contributed by atoms with E-state index in [2.05, 4.69) is 63.6 Å². The van der Waals surface area contributed by atoms with E-state index in [9.17, 15) is 13.2 Å². The standard InChI is InChI=1S/C36H40N4O3S/c1-28-6-16-35(17-7-28)44(42,43)40-22-20-38(21-23-40)25-31-12-14-33(15-13-31)36(41)37-24-29-8-10-30(11-9-29)26-39-19-18-32-4-2-3-5-34(32)27-39/h2-17H,18-27H2,1H3,(H,37,41). The van der Waals surface area contributed by atoms with Gasteiger partial charge in [-0.1, -0.05) is 78.4 Å². The fourth-order valence-electron chi connectivity index (χ4n) is 6.00. The molecule has 6 rings (SSSR count). The molecule has 0 radical (unpaired) electrons. The fraction of sp³-hybridized carbons (Fsp3) is 0.306. The van der Waals surface area contributed by atoms with Crippen LogP contribution in [0.2, 0.25) is 0 Å². The van der Waals surface area contributed by atoms with Gasteiger partial charge in [0.15, 0.2) is 0 Å². The Morgan fingerprint density at radius 3 is 1.95 bits per heavy atom. The van der Waals surface area contributed by atoms with Crippen LogP contribution in [0, 0.1) is 6.92 Å². The number of sulfonamides is 1. The Balaban J connectivity index is 0.943. The summed E-state index contributed by atoms with van der Waals surface area (Å²) in [5, 5.41) is 3.04. The molecule has 4 aromatic carbocycles. The number of nitrogens with zero attached hydrogens (tertiary/aromatic N) is 3. The Labute approximate surface area is 261 Å². The van der Waals surface area contributed by atoms with Crippen molar-refractivity contribution >= 4 is 15.9 Å². The van der Waals surface area contributed by atoms with E-state index >= 15 is 0 Å². The van der Waals surface area contributed by atoms with Crippen LogP contribution in [0.15, 0.2) is 102 Å². The summed E-state index contributed by atoms with van der Waals surface area (Å²) in [4.78, 5) is 17.9. The van der Waals surface area contributed by atoms with Crippen molar-refractivity contribution in [2.45, 2.75) is 44.4 Å². The lowest BCUT2D eigenvalue weighted by Crippen LogP contribution is -2.48. The van der Waals surface area contributed by atoms with Crippen LogP contribution in [-0.4, -0.2) is 61.2 Å². The quantitative estimate of drug-likeness (QED) is 0.290. The summed E-state index contributed by atoms with van der Waals surface area (Å²) in [6.07, 6.45) is 1.10. The Hall–Kier alpha value is -3.82. The maximum absolute atomic E-state index is 13.0. The Kier molecular flexibility index (Phi) is 9.23. The van der Waals surface area contributed by atoms with E-state index in [1.165, 1.54) is 16.7 Å². The molecule has 1 N–H and O–H groups in total. The molecule has 4 aromatic rings. The van der Waals surface area contributed by atoms with Crippen molar-refractivity contribution in [3.05, 3.63) is 136 Å². The lowest BCUT2D eigenvalue weighted by molar-refractivity contribution is 0.0951. The van der Waals surface area contributed by atoms with Crippen LogP contribution in [0.1, 0.15) is 43.7 Å². The van der Waals surface area contributed by atoms with Gasteiger partial charge in [-0.3, -0.25) is 14.6 Å². The monoisotopic (exact) mass is 608 g/mol. The maximum Gasteiger partial charge on any atom is 0.251 e. The number of carbonyl (C=O) groups is 1. The highest BCUT2D eigenvalue weighted by Gasteiger charge is 2.28. The van der Waals surface area contributed by atoms with Gasteiger partial charge in [0, 0.05) is 64.5 Å². The molecule has 2 aliphatic rings. The molecule has 44 heavy (non-hydrogen) atoms. The largest absolute Gasteiger partial charge is 0.348 e. The summed E-state index contributed by atoms with van der Waals surface area (Å²) in [6.45, 7) is 8.39. The minimum absolute atomic E-state index is 0.0949. The van der Waals surface area contributed by atoms with Crippen LogP contribution in [0.4, 0.5) is 0 Å². The summed E-state index contributed by atoms with van der Waals surface area (Å²) in [5.74, 6) is -0.0949. The normalized spacial score (nSPS) is 16.4. The van der Waals surface area contributed by atoms with E-state index in [-0.39, 0.29) is 5.91 Å². The zero-order valence-electron chi connectivity index (χ0n) is 25.3. The molecule has 7 nitrogen and oxygen atoms in total.